The molecule has 0 fully saturated rings. The lowest BCUT2D eigenvalue weighted by Gasteiger charge is -2.12. The van der Waals surface area contributed by atoms with Gasteiger partial charge in [-0.05, 0) is 18.1 Å². The van der Waals surface area contributed by atoms with E-state index in [0.717, 1.165) is 0 Å². The van der Waals surface area contributed by atoms with E-state index in [1.54, 1.807) is 18.2 Å². The van der Waals surface area contributed by atoms with E-state index in [0.29, 0.717) is 5.56 Å². The molecule has 0 bridgehead atoms. The van der Waals surface area contributed by atoms with Crippen LogP contribution in [0.2, 0.25) is 0 Å². The largest absolute Gasteiger partial charge is 0.508 e. The van der Waals surface area contributed by atoms with Crippen LogP contribution in [0, 0.1) is 0 Å². The Bertz CT molecular complexity index is 515. The van der Waals surface area contributed by atoms with Crippen LogP contribution in [0.15, 0.2) is 24.3 Å². The normalized spacial score (nSPS) is 11.6. The van der Waals surface area contributed by atoms with Crippen molar-refractivity contribution in [3.63, 3.8) is 0 Å². The lowest BCUT2D eigenvalue weighted by molar-refractivity contribution is -0.143. The summed E-state index contributed by atoms with van der Waals surface area (Å²) in [5.41, 5.74) is 5.49. The lowest BCUT2D eigenvalue weighted by atomic mass is 10.1. The molecule has 2 amide bonds. The van der Waals surface area contributed by atoms with Crippen LogP contribution in [0.3, 0.4) is 0 Å². The number of aromatic hydroxyl groups is 1. The third-order valence-corrected chi connectivity index (χ3v) is 2.65. The summed E-state index contributed by atoms with van der Waals surface area (Å²) in [6, 6.07) is 5.22. The van der Waals surface area contributed by atoms with Gasteiger partial charge in [-0.2, -0.15) is 0 Å². The van der Waals surface area contributed by atoms with Gasteiger partial charge in [0.15, 0.2) is 0 Å². The first-order chi connectivity index (χ1) is 9.40. The zero-order chi connectivity index (χ0) is 15.1. The molecule has 0 spiro atoms. The lowest BCUT2D eigenvalue weighted by Crippen LogP contribution is -2.43. The van der Waals surface area contributed by atoms with E-state index in [1.807, 2.05) is 0 Å². The van der Waals surface area contributed by atoms with Crippen molar-refractivity contribution < 1.29 is 24.6 Å². The third-order valence-electron chi connectivity index (χ3n) is 2.65. The number of nitrogens with two attached hydrogens (primary N) is 1. The Hall–Kier alpha value is -2.57. The van der Waals surface area contributed by atoms with Gasteiger partial charge in [0, 0.05) is 6.42 Å². The topological polar surface area (TPSA) is 130 Å². The molecule has 0 aliphatic rings. The number of para-hydroxylation sites is 1. The average molecular weight is 280 g/mol. The Morgan fingerprint density at radius 2 is 1.90 bits per heavy atom. The Labute approximate surface area is 115 Å². The molecule has 1 unspecified atom stereocenters. The zero-order valence-electron chi connectivity index (χ0n) is 10.7. The fourth-order valence-electron chi connectivity index (χ4n) is 1.64. The summed E-state index contributed by atoms with van der Waals surface area (Å²) >= 11 is 0. The summed E-state index contributed by atoms with van der Waals surface area (Å²) in [4.78, 5) is 33.1. The van der Waals surface area contributed by atoms with Gasteiger partial charge in [-0.25, -0.2) is 4.79 Å². The number of carbonyl (C=O) groups excluding carboxylic acids is 2. The van der Waals surface area contributed by atoms with Gasteiger partial charge in [0.1, 0.15) is 11.8 Å². The van der Waals surface area contributed by atoms with E-state index < -0.39 is 30.2 Å². The summed E-state index contributed by atoms with van der Waals surface area (Å²) in [5.74, 6) is -2.58. The Morgan fingerprint density at radius 1 is 1.25 bits per heavy atom. The number of hydrogen-bond donors (Lipinski definition) is 4. The predicted octanol–water partition coefficient (Wildman–Crippen LogP) is -0.230. The van der Waals surface area contributed by atoms with Crippen LogP contribution in [0.4, 0.5) is 0 Å². The van der Waals surface area contributed by atoms with Crippen LogP contribution in [-0.4, -0.2) is 34.0 Å². The molecule has 0 heterocycles. The second kappa shape index (κ2) is 7.13. The number of carbonyl (C=O) groups is 3. The van der Waals surface area contributed by atoms with Gasteiger partial charge in [-0.3, -0.25) is 9.59 Å². The molecule has 0 aliphatic heterocycles. The molecule has 7 nitrogen and oxygen atoms in total. The number of aliphatic carboxylic acids is 1. The molecule has 108 valence electrons. The van der Waals surface area contributed by atoms with Crippen molar-refractivity contribution in [2.45, 2.75) is 25.3 Å². The molecule has 1 atom stereocenters. The first-order valence-corrected chi connectivity index (χ1v) is 5.97. The summed E-state index contributed by atoms with van der Waals surface area (Å²) in [5, 5.41) is 20.6. The summed E-state index contributed by atoms with van der Waals surface area (Å²) in [6.45, 7) is 0. The van der Waals surface area contributed by atoms with E-state index >= 15 is 0 Å². The van der Waals surface area contributed by atoms with Crippen molar-refractivity contribution in [3.05, 3.63) is 29.8 Å². The number of primary amides is 1. The molecule has 7 heteroatoms. The Kier molecular flexibility index (Phi) is 5.52. The number of phenols is 1. The number of carboxylic acids is 1. The maximum Gasteiger partial charge on any atom is 0.326 e. The molecule has 20 heavy (non-hydrogen) atoms. The van der Waals surface area contributed by atoms with E-state index in [1.165, 1.54) is 6.07 Å². The smallest absolute Gasteiger partial charge is 0.326 e. The van der Waals surface area contributed by atoms with Crippen LogP contribution in [0.25, 0.3) is 0 Å². The highest BCUT2D eigenvalue weighted by atomic mass is 16.4. The summed E-state index contributed by atoms with van der Waals surface area (Å²) in [6.07, 6.45) is -0.195. The van der Waals surface area contributed by atoms with Crippen molar-refractivity contribution in [1.82, 2.24) is 5.32 Å². The molecule has 1 aromatic rings. The molecular weight excluding hydrogens is 264 g/mol. The molecule has 0 saturated heterocycles. The number of phenolic OH excluding ortho intramolecular Hbond substituents is 1. The van der Waals surface area contributed by atoms with E-state index in [9.17, 15) is 19.5 Å². The van der Waals surface area contributed by atoms with Crippen molar-refractivity contribution in [3.8, 4) is 5.75 Å². The highest BCUT2D eigenvalue weighted by Crippen LogP contribution is 2.17. The van der Waals surface area contributed by atoms with Crippen LogP contribution in [0.1, 0.15) is 18.4 Å². The van der Waals surface area contributed by atoms with Gasteiger partial charge in [0.25, 0.3) is 0 Å². The highest BCUT2D eigenvalue weighted by Gasteiger charge is 2.21. The van der Waals surface area contributed by atoms with Gasteiger partial charge >= 0.3 is 5.97 Å². The van der Waals surface area contributed by atoms with Crippen LogP contribution in [-0.2, 0) is 20.8 Å². The minimum atomic E-state index is -1.33. The highest BCUT2D eigenvalue weighted by molar-refractivity contribution is 5.88. The second-order valence-electron chi connectivity index (χ2n) is 4.26. The predicted molar refractivity (Wildman–Crippen MR) is 69.8 cm³/mol. The maximum atomic E-state index is 11.6. The van der Waals surface area contributed by atoms with Gasteiger partial charge in [-0.1, -0.05) is 18.2 Å². The average Bonchev–Trinajstić information content (AvgIpc) is 2.36. The first-order valence-electron chi connectivity index (χ1n) is 5.97. The van der Waals surface area contributed by atoms with Crippen molar-refractivity contribution in [1.29, 1.82) is 0 Å². The molecule has 0 radical (unpaired) electrons. The van der Waals surface area contributed by atoms with Crippen LogP contribution >= 0.6 is 0 Å². The fraction of sp³-hybridized carbons (Fsp3) is 0.308. The molecular formula is C13H16N2O5. The molecule has 5 N–H and O–H groups in total. The molecule has 0 aliphatic carbocycles. The van der Waals surface area contributed by atoms with Gasteiger partial charge < -0.3 is 21.3 Å². The fourth-order valence-corrected chi connectivity index (χ4v) is 1.64. The zero-order valence-corrected chi connectivity index (χ0v) is 10.7. The maximum absolute atomic E-state index is 11.6. The molecule has 0 saturated carbocycles. The quantitative estimate of drug-likeness (QED) is 0.548. The molecule has 1 rings (SSSR count). The molecule has 0 aromatic heterocycles. The van der Waals surface area contributed by atoms with E-state index in [4.69, 9.17) is 10.8 Å². The van der Waals surface area contributed by atoms with Crippen LogP contribution < -0.4 is 11.1 Å². The van der Waals surface area contributed by atoms with Crippen molar-refractivity contribution in [2.75, 3.05) is 0 Å². The van der Waals surface area contributed by atoms with E-state index in [2.05, 4.69) is 5.32 Å². The summed E-state index contributed by atoms with van der Waals surface area (Å²) in [7, 11) is 0. The standard InChI is InChI=1S/C13H16N2O5/c14-11(17)7-9(13(19)20)15-12(18)6-5-8-3-1-2-4-10(8)16/h1-4,9,16H,5-7H2,(H2,14,17)(H,15,18)(H,19,20). The second-order valence-corrected chi connectivity index (χ2v) is 4.26. The van der Waals surface area contributed by atoms with Gasteiger partial charge in [0.05, 0.1) is 6.42 Å². The number of hydrogen-bond acceptors (Lipinski definition) is 4. The minimum Gasteiger partial charge on any atom is -0.508 e. The SMILES string of the molecule is NC(=O)CC(NC(=O)CCc1ccccc1O)C(=O)O. The molecule has 1 aromatic carbocycles. The Balaban J connectivity index is 2.52. The monoisotopic (exact) mass is 280 g/mol. The third kappa shape index (κ3) is 4.97. The number of carboxylic acid groups (broad SMARTS) is 1. The number of rotatable bonds is 7. The minimum absolute atomic E-state index is 0.000114. The van der Waals surface area contributed by atoms with Gasteiger partial charge in [-0.15, -0.1) is 0 Å². The van der Waals surface area contributed by atoms with Crippen LogP contribution in [0.5, 0.6) is 5.75 Å². The first kappa shape index (κ1) is 15.5. The van der Waals surface area contributed by atoms with Crippen molar-refractivity contribution >= 4 is 17.8 Å². The number of amides is 2. The van der Waals surface area contributed by atoms with Crippen molar-refractivity contribution in [2.24, 2.45) is 5.73 Å². The van der Waals surface area contributed by atoms with E-state index in [-0.39, 0.29) is 18.6 Å². The Morgan fingerprint density at radius 3 is 2.45 bits per heavy atom. The number of benzene rings is 1. The van der Waals surface area contributed by atoms with Gasteiger partial charge in [0.2, 0.25) is 11.8 Å². The summed E-state index contributed by atoms with van der Waals surface area (Å²) < 4.78 is 0. The number of aryl methyl sites for hydroxylation is 1. The number of nitrogens with one attached hydrogen (secondary N) is 1.